The molecule has 0 nitrogen and oxygen atoms in total. The van der Waals surface area contributed by atoms with E-state index in [1.165, 1.54) is 25.7 Å². The van der Waals surface area contributed by atoms with Gasteiger partial charge in [0, 0.05) is 0 Å². The average molecular weight is 262 g/mol. The maximum atomic E-state index is 1.60. The van der Waals surface area contributed by atoms with E-state index >= 15 is 0 Å². The maximum Gasteiger partial charge on any atom is -0.0409 e. The molecule has 0 saturated heterocycles. The van der Waals surface area contributed by atoms with E-state index in [-0.39, 0.29) is 0 Å². The summed E-state index contributed by atoms with van der Waals surface area (Å²) in [5.41, 5.74) is 0. The smallest absolute Gasteiger partial charge is 0.0409 e. The lowest BCUT2D eigenvalue weighted by atomic mass is 9.75. The minimum atomic E-state index is 1.11. The number of rotatable bonds is 5. The van der Waals surface area contributed by atoms with Gasteiger partial charge in [-0.2, -0.15) is 0 Å². The zero-order valence-electron chi connectivity index (χ0n) is 12.9. The van der Waals surface area contributed by atoms with Gasteiger partial charge in [0.15, 0.2) is 0 Å². The molecule has 19 heavy (non-hydrogen) atoms. The minimum absolute atomic E-state index is 1.11. The molecule has 0 heterocycles. The van der Waals surface area contributed by atoms with Gasteiger partial charge in [-0.05, 0) is 36.5 Å². The van der Waals surface area contributed by atoms with Crippen LogP contribution in [0.3, 0.4) is 0 Å². The molecular weight excluding hydrogens is 228 g/mol. The summed E-state index contributed by atoms with van der Waals surface area (Å²) < 4.78 is 0. The Balaban J connectivity index is 1.37. The summed E-state index contributed by atoms with van der Waals surface area (Å²) >= 11 is 0. The predicted octanol–water partition coefficient (Wildman–Crippen LogP) is 6.34. The first-order chi connectivity index (χ1) is 9.40. The van der Waals surface area contributed by atoms with Crippen LogP contribution in [-0.2, 0) is 0 Å². The Bertz CT molecular complexity index is 245. The molecule has 2 atom stereocenters. The van der Waals surface area contributed by atoms with E-state index in [0.717, 1.165) is 23.7 Å². The molecule has 0 radical (unpaired) electrons. The van der Waals surface area contributed by atoms with E-state index in [0.29, 0.717) is 0 Å². The normalized spacial score (nSPS) is 34.1. The van der Waals surface area contributed by atoms with E-state index in [2.05, 4.69) is 0 Å². The molecule has 3 fully saturated rings. The van der Waals surface area contributed by atoms with Gasteiger partial charge in [0.25, 0.3) is 0 Å². The zero-order valence-corrected chi connectivity index (χ0v) is 12.9. The van der Waals surface area contributed by atoms with Crippen molar-refractivity contribution in [1.82, 2.24) is 0 Å². The van der Waals surface area contributed by atoms with E-state index in [1.54, 1.807) is 70.6 Å². The standard InChI is InChI=1S/C19H34/c1-2-7-16(6-1)12-13-18-10-5-11-19(15-18)14-17-8-3-4-9-17/h16-19H,1-15H2. The monoisotopic (exact) mass is 262 g/mol. The van der Waals surface area contributed by atoms with Gasteiger partial charge in [0.05, 0.1) is 0 Å². The Hall–Kier alpha value is 0. The molecular formula is C19H34. The van der Waals surface area contributed by atoms with Gasteiger partial charge in [-0.1, -0.05) is 83.5 Å². The molecule has 0 aliphatic heterocycles. The molecule has 2 unspecified atom stereocenters. The molecule has 0 amide bonds. The summed E-state index contributed by atoms with van der Waals surface area (Å²) in [6, 6.07) is 0. The van der Waals surface area contributed by atoms with Crippen molar-refractivity contribution in [3.8, 4) is 0 Å². The molecule has 0 aromatic heterocycles. The van der Waals surface area contributed by atoms with Crippen LogP contribution < -0.4 is 0 Å². The second-order valence-electron chi connectivity index (χ2n) is 8.01. The van der Waals surface area contributed by atoms with Gasteiger partial charge in [-0.25, -0.2) is 0 Å². The molecule has 3 aliphatic carbocycles. The average Bonchev–Trinajstić information content (AvgIpc) is 3.10. The van der Waals surface area contributed by atoms with E-state index in [1.807, 2.05) is 0 Å². The summed E-state index contributed by atoms with van der Waals surface area (Å²) in [7, 11) is 0. The molecule has 3 rings (SSSR count). The summed E-state index contributed by atoms with van der Waals surface area (Å²) in [6.07, 6.45) is 23.4. The number of hydrogen-bond donors (Lipinski definition) is 0. The van der Waals surface area contributed by atoms with Gasteiger partial charge in [0.2, 0.25) is 0 Å². The Morgan fingerprint density at radius 1 is 0.474 bits per heavy atom. The van der Waals surface area contributed by atoms with Crippen LogP contribution in [-0.4, -0.2) is 0 Å². The third kappa shape index (κ3) is 4.23. The molecule has 3 saturated carbocycles. The molecule has 110 valence electrons. The van der Waals surface area contributed by atoms with Crippen molar-refractivity contribution in [2.24, 2.45) is 23.7 Å². The van der Waals surface area contributed by atoms with Crippen molar-refractivity contribution in [2.75, 3.05) is 0 Å². The van der Waals surface area contributed by atoms with Crippen LogP contribution in [0.4, 0.5) is 0 Å². The van der Waals surface area contributed by atoms with Gasteiger partial charge >= 0.3 is 0 Å². The molecule has 0 aromatic rings. The Labute approximate surface area is 120 Å². The second kappa shape index (κ2) is 7.14. The quantitative estimate of drug-likeness (QED) is 0.542. The first kappa shape index (κ1) is 14.0. The first-order valence-corrected chi connectivity index (χ1v) is 9.40. The van der Waals surface area contributed by atoms with Crippen molar-refractivity contribution in [1.29, 1.82) is 0 Å². The third-order valence-electron chi connectivity index (χ3n) is 6.49. The fourth-order valence-corrected chi connectivity index (χ4v) is 5.37. The highest BCUT2D eigenvalue weighted by molar-refractivity contribution is 4.79. The molecule has 0 aromatic carbocycles. The van der Waals surface area contributed by atoms with Crippen LogP contribution in [0.2, 0.25) is 0 Å². The Kier molecular flexibility index (Phi) is 5.24. The van der Waals surface area contributed by atoms with Crippen LogP contribution in [0.15, 0.2) is 0 Å². The van der Waals surface area contributed by atoms with Crippen molar-refractivity contribution in [3.05, 3.63) is 0 Å². The summed E-state index contributed by atoms with van der Waals surface area (Å²) in [5.74, 6) is 4.47. The predicted molar refractivity (Wildman–Crippen MR) is 83.2 cm³/mol. The van der Waals surface area contributed by atoms with E-state index in [9.17, 15) is 0 Å². The molecule has 0 heteroatoms. The maximum absolute atomic E-state index is 1.60. The molecule has 3 aliphatic rings. The Morgan fingerprint density at radius 3 is 1.74 bits per heavy atom. The molecule has 0 N–H and O–H groups in total. The minimum Gasteiger partial charge on any atom is -0.0530 e. The van der Waals surface area contributed by atoms with Gasteiger partial charge < -0.3 is 0 Å². The van der Waals surface area contributed by atoms with Crippen molar-refractivity contribution in [2.45, 2.75) is 96.3 Å². The fourth-order valence-electron chi connectivity index (χ4n) is 5.37. The van der Waals surface area contributed by atoms with Crippen LogP contribution in [0.25, 0.3) is 0 Å². The summed E-state index contributed by atoms with van der Waals surface area (Å²) in [4.78, 5) is 0. The van der Waals surface area contributed by atoms with Gasteiger partial charge in [-0.3, -0.25) is 0 Å². The molecule has 0 bridgehead atoms. The van der Waals surface area contributed by atoms with Crippen LogP contribution in [0.5, 0.6) is 0 Å². The van der Waals surface area contributed by atoms with Crippen LogP contribution >= 0.6 is 0 Å². The fraction of sp³-hybridized carbons (Fsp3) is 1.00. The van der Waals surface area contributed by atoms with Crippen LogP contribution in [0, 0.1) is 23.7 Å². The van der Waals surface area contributed by atoms with Crippen molar-refractivity contribution < 1.29 is 0 Å². The van der Waals surface area contributed by atoms with E-state index in [4.69, 9.17) is 0 Å². The zero-order chi connectivity index (χ0) is 12.9. The molecule has 0 spiro atoms. The highest BCUT2D eigenvalue weighted by Gasteiger charge is 2.26. The summed E-state index contributed by atoms with van der Waals surface area (Å²) in [6.45, 7) is 0. The SMILES string of the molecule is C1CCC(CCC2CCCC(CC3CCCC3)C2)C1. The first-order valence-electron chi connectivity index (χ1n) is 9.40. The lowest BCUT2D eigenvalue weighted by molar-refractivity contribution is 0.210. The van der Waals surface area contributed by atoms with Crippen LogP contribution in [0.1, 0.15) is 96.3 Å². The second-order valence-corrected chi connectivity index (χ2v) is 8.01. The van der Waals surface area contributed by atoms with E-state index < -0.39 is 0 Å². The number of hydrogen-bond acceptors (Lipinski definition) is 0. The van der Waals surface area contributed by atoms with Gasteiger partial charge in [0.1, 0.15) is 0 Å². The lowest BCUT2D eigenvalue weighted by Crippen LogP contribution is -2.18. The van der Waals surface area contributed by atoms with Crippen molar-refractivity contribution >= 4 is 0 Å². The largest absolute Gasteiger partial charge is 0.0530 e. The highest BCUT2D eigenvalue weighted by atomic mass is 14.3. The highest BCUT2D eigenvalue weighted by Crippen LogP contribution is 2.40. The summed E-state index contributed by atoms with van der Waals surface area (Å²) in [5, 5.41) is 0. The lowest BCUT2D eigenvalue weighted by Gasteiger charge is -2.31. The van der Waals surface area contributed by atoms with Crippen molar-refractivity contribution in [3.63, 3.8) is 0 Å². The Morgan fingerprint density at radius 2 is 1.00 bits per heavy atom. The third-order valence-corrected chi connectivity index (χ3v) is 6.49. The van der Waals surface area contributed by atoms with Gasteiger partial charge in [-0.15, -0.1) is 0 Å². The topological polar surface area (TPSA) is 0 Å².